The summed E-state index contributed by atoms with van der Waals surface area (Å²) < 4.78 is 0. The summed E-state index contributed by atoms with van der Waals surface area (Å²) in [6.07, 6.45) is 19.3. The summed E-state index contributed by atoms with van der Waals surface area (Å²) in [5.74, 6) is 1.02. The van der Waals surface area contributed by atoms with Crippen LogP contribution in [-0.2, 0) is 0 Å². The van der Waals surface area contributed by atoms with Gasteiger partial charge < -0.3 is 10.0 Å². The molecule has 0 bridgehead atoms. The molecule has 1 rings (SSSR count). The van der Waals surface area contributed by atoms with E-state index in [1.807, 2.05) is 0 Å². The standard InChI is InChI=1S/C20H41NO/c1-2-3-4-5-6-7-10-13-20-14-17-21(18-15-20)16-11-8-9-12-19-22/h20,22H,2-19H2,1H3. The molecule has 22 heavy (non-hydrogen) atoms. The van der Waals surface area contributed by atoms with E-state index in [-0.39, 0.29) is 0 Å². The summed E-state index contributed by atoms with van der Waals surface area (Å²) in [6, 6.07) is 0. The molecule has 1 fully saturated rings. The van der Waals surface area contributed by atoms with E-state index in [4.69, 9.17) is 5.11 Å². The molecule has 0 radical (unpaired) electrons. The largest absolute Gasteiger partial charge is 0.396 e. The number of hydrogen-bond acceptors (Lipinski definition) is 2. The molecule has 0 unspecified atom stereocenters. The Bertz CT molecular complexity index is 224. The van der Waals surface area contributed by atoms with Crippen LogP contribution in [0.3, 0.4) is 0 Å². The lowest BCUT2D eigenvalue weighted by Crippen LogP contribution is -2.34. The predicted molar refractivity (Wildman–Crippen MR) is 97.3 cm³/mol. The van der Waals surface area contributed by atoms with Crippen LogP contribution in [0.2, 0.25) is 0 Å². The van der Waals surface area contributed by atoms with Crippen LogP contribution in [-0.4, -0.2) is 36.2 Å². The van der Waals surface area contributed by atoms with Gasteiger partial charge in [-0.05, 0) is 51.2 Å². The third-order valence-electron chi connectivity index (χ3n) is 5.31. The minimum absolute atomic E-state index is 0.365. The highest BCUT2D eigenvalue weighted by molar-refractivity contribution is 4.72. The van der Waals surface area contributed by atoms with Gasteiger partial charge in [-0.25, -0.2) is 0 Å². The quantitative estimate of drug-likeness (QED) is 0.435. The van der Waals surface area contributed by atoms with Crippen molar-refractivity contribution in [2.45, 2.75) is 96.8 Å². The molecule has 2 nitrogen and oxygen atoms in total. The fourth-order valence-electron chi connectivity index (χ4n) is 3.69. The predicted octanol–water partition coefficient (Wildman–Crippen LogP) is 5.39. The zero-order valence-electron chi connectivity index (χ0n) is 15.2. The normalized spacial score (nSPS) is 17.2. The van der Waals surface area contributed by atoms with Crippen molar-refractivity contribution in [2.24, 2.45) is 5.92 Å². The summed E-state index contributed by atoms with van der Waals surface area (Å²) in [4.78, 5) is 2.67. The van der Waals surface area contributed by atoms with Gasteiger partial charge in [-0.15, -0.1) is 0 Å². The Morgan fingerprint density at radius 1 is 0.773 bits per heavy atom. The van der Waals surface area contributed by atoms with Crippen molar-refractivity contribution in [1.29, 1.82) is 0 Å². The van der Waals surface area contributed by atoms with E-state index in [1.54, 1.807) is 0 Å². The average molecular weight is 312 g/mol. The molecular formula is C20H41NO. The molecule has 0 spiro atoms. The van der Waals surface area contributed by atoms with Crippen molar-refractivity contribution < 1.29 is 5.11 Å². The maximum atomic E-state index is 8.78. The van der Waals surface area contributed by atoms with Crippen molar-refractivity contribution in [2.75, 3.05) is 26.2 Å². The van der Waals surface area contributed by atoms with E-state index < -0.39 is 0 Å². The van der Waals surface area contributed by atoms with Crippen LogP contribution in [0.15, 0.2) is 0 Å². The first-order valence-electron chi connectivity index (χ1n) is 10.2. The van der Waals surface area contributed by atoms with Gasteiger partial charge in [0.25, 0.3) is 0 Å². The monoisotopic (exact) mass is 311 g/mol. The number of rotatable bonds is 14. The van der Waals surface area contributed by atoms with Crippen molar-refractivity contribution in [3.05, 3.63) is 0 Å². The van der Waals surface area contributed by atoms with Crippen LogP contribution in [0.1, 0.15) is 96.8 Å². The summed E-state index contributed by atoms with van der Waals surface area (Å²) in [7, 11) is 0. The molecule has 0 aromatic carbocycles. The van der Waals surface area contributed by atoms with Gasteiger partial charge in [0, 0.05) is 6.61 Å². The van der Waals surface area contributed by atoms with Crippen LogP contribution in [0.4, 0.5) is 0 Å². The SMILES string of the molecule is CCCCCCCCCC1CCN(CCCCCCO)CC1. The Hall–Kier alpha value is -0.0800. The second-order valence-corrected chi connectivity index (χ2v) is 7.33. The van der Waals surface area contributed by atoms with Gasteiger partial charge in [0.15, 0.2) is 0 Å². The van der Waals surface area contributed by atoms with Gasteiger partial charge in [0.2, 0.25) is 0 Å². The first-order valence-corrected chi connectivity index (χ1v) is 10.2. The molecule has 0 amide bonds. The second-order valence-electron chi connectivity index (χ2n) is 7.33. The molecule has 0 atom stereocenters. The number of unbranched alkanes of at least 4 members (excludes halogenated alkanes) is 9. The van der Waals surface area contributed by atoms with E-state index in [1.165, 1.54) is 103 Å². The molecule has 1 N–H and O–H groups in total. The Balaban J connectivity index is 1.88. The zero-order valence-corrected chi connectivity index (χ0v) is 15.2. The van der Waals surface area contributed by atoms with Crippen LogP contribution in [0.25, 0.3) is 0 Å². The Labute approximate surface area is 139 Å². The zero-order chi connectivity index (χ0) is 15.9. The summed E-state index contributed by atoms with van der Waals surface area (Å²) in [5, 5.41) is 8.78. The lowest BCUT2D eigenvalue weighted by molar-refractivity contribution is 0.173. The molecule has 1 aliphatic heterocycles. The third kappa shape index (κ3) is 10.6. The van der Waals surface area contributed by atoms with Gasteiger partial charge in [-0.1, -0.05) is 71.1 Å². The molecule has 1 aliphatic rings. The van der Waals surface area contributed by atoms with Gasteiger partial charge in [-0.3, -0.25) is 0 Å². The molecule has 0 aromatic rings. The smallest absolute Gasteiger partial charge is 0.0431 e. The third-order valence-corrected chi connectivity index (χ3v) is 5.31. The Kier molecular flexibility index (Phi) is 13.2. The minimum Gasteiger partial charge on any atom is -0.396 e. The van der Waals surface area contributed by atoms with Gasteiger partial charge in [0.1, 0.15) is 0 Å². The summed E-state index contributed by atoms with van der Waals surface area (Å²) in [6.45, 7) is 6.61. The number of aliphatic hydroxyl groups is 1. The topological polar surface area (TPSA) is 23.5 Å². The van der Waals surface area contributed by atoms with Crippen LogP contribution in [0.5, 0.6) is 0 Å². The number of piperidine rings is 1. The van der Waals surface area contributed by atoms with Crippen molar-refractivity contribution in [1.82, 2.24) is 4.90 Å². The van der Waals surface area contributed by atoms with Crippen LogP contribution >= 0.6 is 0 Å². The highest BCUT2D eigenvalue weighted by Gasteiger charge is 2.18. The lowest BCUT2D eigenvalue weighted by Gasteiger charge is -2.32. The van der Waals surface area contributed by atoms with Crippen molar-refractivity contribution >= 4 is 0 Å². The first-order chi connectivity index (χ1) is 10.9. The number of aliphatic hydroxyl groups excluding tert-OH is 1. The van der Waals surface area contributed by atoms with Gasteiger partial charge in [0.05, 0.1) is 0 Å². The van der Waals surface area contributed by atoms with E-state index in [0.29, 0.717) is 6.61 Å². The number of hydrogen-bond donors (Lipinski definition) is 1. The van der Waals surface area contributed by atoms with Gasteiger partial charge in [-0.2, -0.15) is 0 Å². The minimum atomic E-state index is 0.365. The Morgan fingerprint density at radius 2 is 1.36 bits per heavy atom. The lowest BCUT2D eigenvalue weighted by atomic mass is 9.91. The molecule has 2 heteroatoms. The molecule has 132 valence electrons. The molecule has 0 aromatic heterocycles. The fourth-order valence-corrected chi connectivity index (χ4v) is 3.69. The Morgan fingerprint density at radius 3 is 2.05 bits per heavy atom. The van der Waals surface area contributed by atoms with E-state index >= 15 is 0 Å². The maximum absolute atomic E-state index is 8.78. The number of likely N-dealkylation sites (tertiary alicyclic amines) is 1. The molecule has 0 aliphatic carbocycles. The van der Waals surface area contributed by atoms with E-state index in [0.717, 1.165) is 12.3 Å². The highest BCUT2D eigenvalue weighted by atomic mass is 16.2. The average Bonchev–Trinajstić information content (AvgIpc) is 2.55. The second kappa shape index (κ2) is 14.5. The van der Waals surface area contributed by atoms with Crippen molar-refractivity contribution in [3.8, 4) is 0 Å². The van der Waals surface area contributed by atoms with Crippen molar-refractivity contribution in [3.63, 3.8) is 0 Å². The van der Waals surface area contributed by atoms with Gasteiger partial charge >= 0.3 is 0 Å². The van der Waals surface area contributed by atoms with E-state index in [9.17, 15) is 0 Å². The molecular weight excluding hydrogens is 270 g/mol. The molecule has 1 saturated heterocycles. The van der Waals surface area contributed by atoms with Crippen LogP contribution < -0.4 is 0 Å². The first kappa shape index (κ1) is 20.0. The van der Waals surface area contributed by atoms with Crippen LogP contribution in [0, 0.1) is 5.92 Å². The fraction of sp³-hybridized carbons (Fsp3) is 1.00. The molecule has 0 saturated carbocycles. The van der Waals surface area contributed by atoms with E-state index in [2.05, 4.69) is 11.8 Å². The highest BCUT2D eigenvalue weighted by Crippen LogP contribution is 2.23. The number of nitrogens with zero attached hydrogens (tertiary/aromatic N) is 1. The molecule has 1 heterocycles. The summed E-state index contributed by atoms with van der Waals surface area (Å²) in [5.41, 5.74) is 0. The maximum Gasteiger partial charge on any atom is 0.0431 e. The summed E-state index contributed by atoms with van der Waals surface area (Å²) >= 11 is 0.